The fraction of sp³-hybridized carbons (Fsp3) is 0.529. The molecular weight excluding hydrogens is 342 g/mol. The summed E-state index contributed by atoms with van der Waals surface area (Å²) in [6, 6.07) is 6.32. The fourth-order valence-electron chi connectivity index (χ4n) is 2.78. The zero-order chi connectivity index (χ0) is 18.6. The highest BCUT2D eigenvalue weighted by Crippen LogP contribution is 2.15. The van der Waals surface area contributed by atoms with E-state index in [1.165, 1.54) is 0 Å². The number of anilines is 1. The van der Waals surface area contributed by atoms with Crippen LogP contribution < -0.4 is 10.0 Å². The third-order valence-corrected chi connectivity index (χ3v) is 4.69. The van der Waals surface area contributed by atoms with E-state index in [-0.39, 0.29) is 23.8 Å². The molecule has 2 amide bonds. The Kier molecular flexibility index (Phi) is 6.05. The quantitative estimate of drug-likeness (QED) is 0.823. The molecule has 0 saturated carbocycles. The van der Waals surface area contributed by atoms with Crippen molar-refractivity contribution in [2.45, 2.75) is 32.7 Å². The molecular formula is C17H25N3O4S. The molecule has 0 aliphatic carbocycles. The number of benzene rings is 1. The average Bonchev–Trinajstić information content (AvgIpc) is 2.54. The molecule has 1 aromatic rings. The predicted molar refractivity (Wildman–Crippen MR) is 96.8 cm³/mol. The van der Waals surface area contributed by atoms with Gasteiger partial charge in [0.25, 0.3) is 5.91 Å². The van der Waals surface area contributed by atoms with Crippen LogP contribution in [0.3, 0.4) is 0 Å². The summed E-state index contributed by atoms with van der Waals surface area (Å²) in [5, 5.41) is 2.98. The first-order valence-electron chi connectivity index (χ1n) is 8.33. The van der Waals surface area contributed by atoms with E-state index >= 15 is 0 Å². The number of amides is 2. The second kappa shape index (κ2) is 7.86. The van der Waals surface area contributed by atoms with E-state index in [2.05, 4.69) is 10.0 Å². The summed E-state index contributed by atoms with van der Waals surface area (Å²) in [4.78, 5) is 26.1. The van der Waals surface area contributed by atoms with E-state index in [1.807, 2.05) is 18.7 Å². The SMILES string of the molecule is CC(C)C(=O)N1CCC(NC(=O)c2ccc(NS(C)(=O)=O)cc2)CC1. The zero-order valence-electron chi connectivity index (χ0n) is 14.8. The van der Waals surface area contributed by atoms with Gasteiger partial charge in [-0.1, -0.05) is 13.8 Å². The average molecular weight is 367 g/mol. The molecule has 1 heterocycles. The van der Waals surface area contributed by atoms with Gasteiger partial charge >= 0.3 is 0 Å². The lowest BCUT2D eigenvalue weighted by molar-refractivity contribution is -0.135. The maximum absolute atomic E-state index is 12.3. The van der Waals surface area contributed by atoms with Crippen LogP contribution in [-0.2, 0) is 14.8 Å². The minimum absolute atomic E-state index is 0.00907. The van der Waals surface area contributed by atoms with Crippen LogP contribution in [0.4, 0.5) is 5.69 Å². The van der Waals surface area contributed by atoms with Crippen molar-refractivity contribution in [2.75, 3.05) is 24.1 Å². The van der Waals surface area contributed by atoms with Crippen molar-refractivity contribution in [3.63, 3.8) is 0 Å². The van der Waals surface area contributed by atoms with E-state index in [1.54, 1.807) is 24.3 Å². The molecule has 1 saturated heterocycles. The van der Waals surface area contributed by atoms with Gasteiger partial charge in [0.2, 0.25) is 15.9 Å². The number of hydrogen-bond acceptors (Lipinski definition) is 4. The van der Waals surface area contributed by atoms with Crippen LogP contribution in [0.25, 0.3) is 0 Å². The predicted octanol–water partition coefficient (Wildman–Crippen LogP) is 1.43. The van der Waals surface area contributed by atoms with Gasteiger partial charge in [-0.25, -0.2) is 8.42 Å². The number of carbonyl (C=O) groups excluding carboxylic acids is 2. The van der Waals surface area contributed by atoms with Crippen LogP contribution in [0.5, 0.6) is 0 Å². The topological polar surface area (TPSA) is 95.6 Å². The van der Waals surface area contributed by atoms with Crippen molar-refractivity contribution < 1.29 is 18.0 Å². The summed E-state index contributed by atoms with van der Waals surface area (Å²) in [5.41, 5.74) is 0.888. The molecule has 1 aromatic carbocycles. The van der Waals surface area contributed by atoms with E-state index in [9.17, 15) is 18.0 Å². The van der Waals surface area contributed by atoms with Crippen LogP contribution in [0.2, 0.25) is 0 Å². The summed E-state index contributed by atoms with van der Waals surface area (Å²) in [6.07, 6.45) is 2.54. The fourth-order valence-corrected chi connectivity index (χ4v) is 3.35. The highest BCUT2D eigenvalue weighted by molar-refractivity contribution is 7.92. The monoisotopic (exact) mass is 367 g/mol. The van der Waals surface area contributed by atoms with Gasteiger partial charge in [0, 0.05) is 36.3 Å². The molecule has 1 fully saturated rings. The zero-order valence-corrected chi connectivity index (χ0v) is 15.6. The Morgan fingerprint density at radius 3 is 2.16 bits per heavy atom. The third kappa shape index (κ3) is 5.74. The van der Waals surface area contributed by atoms with Gasteiger partial charge in [0.05, 0.1) is 6.26 Å². The first-order valence-corrected chi connectivity index (χ1v) is 10.2. The Balaban J connectivity index is 1.87. The van der Waals surface area contributed by atoms with E-state index in [4.69, 9.17) is 0 Å². The lowest BCUT2D eigenvalue weighted by atomic mass is 10.0. The summed E-state index contributed by atoms with van der Waals surface area (Å²) < 4.78 is 24.7. The number of hydrogen-bond donors (Lipinski definition) is 2. The Bertz CT molecular complexity index is 721. The third-order valence-electron chi connectivity index (χ3n) is 4.09. The lowest BCUT2D eigenvalue weighted by Crippen LogP contribution is -2.47. The number of nitrogens with one attached hydrogen (secondary N) is 2. The van der Waals surface area contributed by atoms with Crippen molar-refractivity contribution in [1.29, 1.82) is 0 Å². The van der Waals surface area contributed by atoms with Crippen molar-refractivity contribution in [1.82, 2.24) is 10.2 Å². The second-order valence-electron chi connectivity index (χ2n) is 6.68. The number of carbonyl (C=O) groups is 2. The molecule has 8 heteroatoms. The highest BCUT2D eigenvalue weighted by atomic mass is 32.2. The maximum atomic E-state index is 12.3. The van der Waals surface area contributed by atoms with Crippen LogP contribution in [0, 0.1) is 5.92 Å². The number of rotatable bonds is 5. The maximum Gasteiger partial charge on any atom is 0.251 e. The smallest absolute Gasteiger partial charge is 0.251 e. The second-order valence-corrected chi connectivity index (χ2v) is 8.43. The molecule has 138 valence electrons. The molecule has 0 unspecified atom stereocenters. The molecule has 7 nitrogen and oxygen atoms in total. The molecule has 1 aliphatic rings. The van der Waals surface area contributed by atoms with Crippen molar-refractivity contribution in [3.8, 4) is 0 Å². The molecule has 2 rings (SSSR count). The molecule has 25 heavy (non-hydrogen) atoms. The molecule has 0 spiro atoms. The van der Waals surface area contributed by atoms with E-state index in [0.29, 0.717) is 24.3 Å². The summed E-state index contributed by atoms with van der Waals surface area (Å²) in [5.74, 6) is -0.0523. The van der Waals surface area contributed by atoms with Crippen molar-refractivity contribution >= 4 is 27.5 Å². The molecule has 0 radical (unpaired) electrons. The van der Waals surface area contributed by atoms with Crippen LogP contribution in [-0.4, -0.2) is 50.5 Å². The number of nitrogens with zero attached hydrogens (tertiary/aromatic N) is 1. The number of piperidine rings is 1. The minimum Gasteiger partial charge on any atom is -0.349 e. The van der Waals surface area contributed by atoms with Gasteiger partial charge in [0.1, 0.15) is 0 Å². The minimum atomic E-state index is -3.33. The van der Waals surface area contributed by atoms with Crippen LogP contribution in [0.15, 0.2) is 24.3 Å². The first-order chi connectivity index (χ1) is 11.7. The van der Waals surface area contributed by atoms with Gasteiger partial charge in [-0.15, -0.1) is 0 Å². The Morgan fingerprint density at radius 2 is 1.68 bits per heavy atom. The normalized spacial score (nSPS) is 15.9. The van der Waals surface area contributed by atoms with E-state index < -0.39 is 10.0 Å². The molecule has 2 N–H and O–H groups in total. The van der Waals surface area contributed by atoms with Gasteiger partial charge < -0.3 is 10.2 Å². The van der Waals surface area contributed by atoms with Gasteiger partial charge in [-0.3, -0.25) is 14.3 Å². The lowest BCUT2D eigenvalue weighted by Gasteiger charge is -2.33. The Labute approximate surface area is 148 Å². The Hall–Kier alpha value is -2.09. The number of likely N-dealkylation sites (tertiary alicyclic amines) is 1. The van der Waals surface area contributed by atoms with E-state index in [0.717, 1.165) is 19.1 Å². The van der Waals surface area contributed by atoms with Crippen molar-refractivity contribution in [2.24, 2.45) is 5.92 Å². The van der Waals surface area contributed by atoms with Gasteiger partial charge in [-0.2, -0.15) is 0 Å². The molecule has 1 aliphatic heterocycles. The number of sulfonamides is 1. The molecule has 0 atom stereocenters. The molecule has 0 bridgehead atoms. The Morgan fingerprint density at radius 1 is 1.12 bits per heavy atom. The van der Waals surface area contributed by atoms with Crippen LogP contribution in [0.1, 0.15) is 37.0 Å². The largest absolute Gasteiger partial charge is 0.349 e. The van der Waals surface area contributed by atoms with Gasteiger partial charge in [-0.05, 0) is 37.1 Å². The van der Waals surface area contributed by atoms with Crippen LogP contribution >= 0.6 is 0 Å². The van der Waals surface area contributed by atoms with Gasteiger partial charge in [0.15, 0.2) is 0 Å². The standard InChI is InChI=1S/C17H25N3O4S/c1-12(2)17(22)20-10-8-14(9-11-20)18-16(21)13-4-6-15(7-5-13)19-25(3,23)24/h4-7,12,14,19H,8-11H2,1-3H3,(H,18,21). The summed E-state index contributed by atoms with van der Waals surface area (Å²) >= 11 is 0. The molecule has 0 aromatic heterocycles. The van der Waals surface area contributed by atoms with Crippen molar-refractivity contribution in [3.05, 3.63) is 29.8 Å². The summed E-state index contributed by atoms with van der Waals surface area (Å²) in [7, 11) is -3.33. The highest BCUT2D eigenvalue weighted by Gasteiger charge is 2.25. The first kappa shape index (κ1) is 19.2. The summed E-state index contributed by atoms with van der Waals surface area (Å²) in [6.45, 7) is 5.08.